The number of allylic oxidation sites excluding steroid dienone is 4. The van der Waals surface area contributed by atoms with Gasteiger partial charge in [0.15, 0.2) is 17.1 Å². The molecule has 29 heavy (non-hydrogen) atoms. The molecule has 0 amide bonds. The van der Waals surface area contributed by atoms with Crippen LogP contribution in [0.4, 0.5) is 28.4 Å². The van der Waals surface area contributed by atoms with Gasteiger partial charge in [-0.15, -0.1) is 0 Å². The Hall–Kier alpha value is -3.50. The van der Waals surface area contributed by atoms with Crippen LogP contribution in [0, 0.1) is 5.92 Å². The molecule has 0 saturated carbocycles. The van der Waals surface area contributed by atoms with Gasteiger partial charge in [0.05, 0.1) is 11.1 Å². The lowest BCUT2D eigenvalue weighted by molar-refractivity contribution is 0.551. The highest BCUT2D eigenvalue weighted by Gasteiger charge is 2.56. The van der Waals surface area contributed by atoms with Gasteiger partial charge in [-0.3, -0.25) is 0 Å². The van der Waals surface area contributed by atoms with E-state index in [-0.39, 0.29) is 5.92 Å². The zero-order valence-corrected chi connectivity index (χ0v) is 16.3. The topological polar surface area (TPSA) is 78.1 Å². The summed E-state index contributed by atoms with van der Waals surface area (Å²) < 4.78 is 0.570. The maximum absolute atomic E-state index is 6.40. The quantitative estimate of drug-likeness (QED) is 0.361. The Bertz CT molecular complexity index is 1230. The van der Waals surface area contributed by atoms with Crippen LogP contribution in [0.1, 0.15) is 18.9 Å². The van der Waals surface area contributed by atoms with Crippen molar-refractivity contribution in [3.63, 3.8) is 0 Å². The number of nitrogen functional groups attached to an aromatic ring is 2. The van der Waals surface area contributed by atoms with Crippen molar-refractivity contribution in [2.45, 2.75) is 13.3 Å². The van der Waals surface area contributed by atoms with E-state index in [1.807, 2.05) is 12.1 Å². The second-order valence-electron chi connectivity index (χ2n) is 8.35. The molecule has 2 aliphatic heterocycles. The smallest absolute Gasteiger partial charge is 0.158 e. The van der Waals surface area contributed by atoms with Crippen molar-refractivity contribution in [3.05, 3.63) is 83.7 Å². The van der Waals surface area contributed by atoms with Gasteiger partial charge in [0.1, 0.15) is 5.70 Å². The van der Waals surface area contributed by atoms with Crippen molar-refractivity contribution in [1.29, 1.82) is 0 Å². The van der Waals surface area contributed by atoms with E-state index in [9.17, 15) is 0 Å². The van der Waals surface area contributed by atoms with E-state index >= 15 is 0 Å². The van der Waals surface area contributed by atoms with Crippen LogP contribution in [0.2, 0.25) is 0 Å². The number of anilines is 2. The first-order valence-corrected chi connectivity index (χ1v) is 10.0. The number of benzene rings is 3. The predicted molar refractivity (Wildman–Crippen MR) is 121 cm³/mol. The van der Waals surface area contributed by atoms with Gasteiger partial charge < -0.3 is 17.2 Å². The molecule has 1 spiro atoms. The summed E-state index contributed by atoms with van der Waals surface area (Å²) in [5.74, 6) is 0.285. The van der Waals surface area contributed by atoms with E-state index in [2.05, 4.69) is 61.5 Å². The number of fused-ring (bicyclic) bond motifs is 9. The van der Waals surface area contributed by atoms with E-state index < -0.39 is 0 Å². The second kappa shape index (κ2) is 5.31. The Morgan fingerprint density at radius 2 is 1.38 bits per heavy atom. The van der Waals surface area contributed by atoms with Crippen molar-refractivity contribution >= 4 is 34.0 Å². The van der Waals surface area contributed by atoms with Crippen LogP contribution in [-0.2, 0) is 0 Å². The summed E-state index contributed by atoms with van der Waals surface area (Å²) in [4.78, 5) is 0. The first-order valence-electron chi connectivity index (χ1n) is 10.0. The van der Waals surface area contributed by atoms with Crippen LogP contribution in [0.3, 0.4) is 0 Å². The fraction of sp³-hybridized carbons (Fsp3) is 0.120. The predicted octanol–water partition coefficient (Wildman–Crippen LogP) is 5.41. The minimum Gasteiger partial charge on any atom is -0.402 e. The summed E-state index contributed by atoms with van der Waals surface area (Å²) in [6.45, 7) is 2.20. The molecule has 4 nitrogen and oxygen atoms in total. The number of nitrogens with zero attached hydrogens (tertiary/aromatic N) is 1. The molecule has 142 valence electrons. The highest BCUT2D eigenvalue weighted by molar-refractivity contribution is 6.08. The van der Waals surface area contributed by atoms with Gasteiger partial charge in [0.25, 0.3) is 0 Å². The largest absolute Gasteiger partial charge is 0.402 e. The molecule has 1 aliphatic carbocycles. The van der Waals surface area contributed by atoms with Gasteiger partial charge in [0, 0.05) is 58.7 Å². The highest BCUT2D eigenvalue weighted by atomic mass is 15.4. The molecule has 0 aromatic heterocycles. The summed E-state index contributed by atoms with van der Waals surface area (Å²) in [5.41, 5.74) is 31.4. The second-order valence-corrected chi connectivity index (χ2v) is 8.35. The standard InChI is InChI=1S/C25H23N4/c1-14-10-23-20(13-21(14)28)17-4-2-3-5-22(17)29(23)24-11-15(26)6-8-18(24)19-9-7-16(27)12-25(19)29/h2-9,11-14H,10,26-28H2,1H3/q+1. The van der Waals surface area contributed by atoms with Crippen molar-refractivity contribution in [2.75, 3.05) is 11.5 Å². The fourth-order valence-electron chi connectivity index (χ4n) is 5.39. The average molecular weight is 379 g/mol. The Kier molecular flexibility index (Phi) is 3.01. The van der Waals surface area contributed by atoms with E-state index in [1.165, 1.54) is 45.0 Å². The molecule has 6 rings (SSSR count). The SMILES string of the molecule is CC1CC2=C(C=C1N)c1ccccc1[N+]21c2cc(N)ccc2-c2ccc(N)cc21. The van der Waals surface area contributed by atoms with Crippen LogP contribution in [0.15, 0.2) is 78.1 Å². The maximum atomic E-state index is 6.40. The van der Waals surface area contributed by atoms with Crippen LogP contribution in [0.5, 0.6) is 0 Å². The molecule has 1 unspecified atom stereocenters. The Morgan fingerprint density at radius 1 is 0.759 bits per heavy atom. The van der Waals surface area contributed by atoms with Crippen molar-refractivity contribution in [3.8, 4) is 11.1 Å². The fourth-order valence-corrected chi connectivity index (χ4v) is 5.39. The molecule has 0 radical (unpaired) electrons. The average Bonchev–Trinajstić information content (AvgIpc) is 3.14. The molecule has 0 saturated heterocycles. The molecule has 3 aliphatic rings. The van der Waals surface area contributed by atoms with E-state index in [1.54, 1.807) is 0 Å². The monoisotopic (exact) mass is 379 g/mol. The summed E-state index contributed by atoms with van der Waals surface area (Å²) in [7, 11) is 0. The molecule has 1 atom stereocenters. The van der Waals surface area contributed by atoms with E-state index in [4.69, 9.17) is 17.2 Å². The van der Waals surface area contributed by atoms with E-state index in [0.717, 1.165) is 23.5 Å². The molecule has 3 aromatic rings. The normalized spacial score (nSPS) is 20.2. The molecule has 4 heteroatoms. The van der Waals surface area contributed by atoms with Crippen LogP contribution in [0.25, 0.3) is 16.7 Å². The summed E-state index contributed by atoms with van der Waals surface area (Å²) in [6, 6.07) is 21.2. The number of nitrogens with two attached hydrogens (primary N) is 3. The number of hydrogen-bond acceptors (Lipinski definition) is 3. The van der Waals surface area contributed by atoms with Gasteiger partial charge in [0.2, 0.25) is 0 Å². The van der Waals surface area contributed by atoms with Gasteiger partial charge in [-0.05, 0) is 36.4 Å². The van der Waals surface area contributed by atoms with Crippen molar-refractivity contribution in [1.82, 2.24) is 4.48 Å². The summed E-state index contributed by atoms with van der Waals surface area (Å²) in [5, 5.41) is 0. The first-order chi connectivity index (χ1) is 14.0. The molecular formula is C25H23N4+. The van der Waals surface area contributed by atoms with Gasteiger partial charge in [-0.1, -0.05) is 19.1 Å². The van der Waals surface area contributed by atoms with Gasteiger partial charge in [-0.25, -0.2) is 0 Å². The first kappa shape index (κ1) is 16.5. The zero-order valence-electron chi connectivity index (χ0n) is 16.3. The third-order valence-corrected chi connectivity index (χ3v) is 6.71. The van der Waals surface area contributed by atoms with Crippen molar-refractivity contribution in [2.24, 2.45) is 11.7 Å². The van der Waals surface area contributed by atoms with Gasteiger partial charge in [-0.2, -0.15) is 4.48 Å². The molecular weight excluding hydrogens is 356 g/mol. The lowest BCUT2D eigenvalue weighted by Crippen LogP contribution is -2.36. The molecule has 0 fully saturated rings. The highest BCUT2D eigenvalue weighted by Crippen LogP contribution is 2.67. The Morgan fingerprint density at radius 3 is 2.03 bits per heavy atom. The Labute approximate surface area is 170 Å². The molecule has 3 aromatic carbocycles. The molecule has 0 bridgehead atoms. The third-order valence-electron chi connectivity index (χ3n) is 6.71. The lowest BCUT2D eigenvalue weighted by atomic mass is 9.90. The molecule has 6 N–H and O–H groups in total. The number of quaternary nitrogens is 1. The van der Waals surface area contributed by atoms with Crippen LogP contribution >= 0.6 is 0 Å². The molecule has 2 heterocycles. The van der Waals surface area contributed by atoms with Crippen LogP contribution < -0.4 is 21.7 Å². The van der Waals surface area contributed by atoms with E-state index in [0.29, 0.717) is 4.48 Å². The number of rotatable bonds is 0. The number of para-hydroxylation sites is 1. The third kappa shape index (κ3) is 1.87. The lowest BCUT2D eigenvalue weighted by Gasteiger charge is -2.35. The summed E-state index contributed by atoms with van der Waals surface area (Å²) in [6.07, 6.45) is 3.07. The minimum atomic E-state index is 0.285. The van der Waals surface area contributed by atoms with Crippen molar-refractivity contribution < 1.29 is 0 Å². The maximum Gasteiger partial charge on any atom is 0.158 e. The van der Waals surface area contributed by atoms with Crippen LogP contribution in [-0.4, -0.2) is 0 Å². The zero-order chi connectivity index (χ0) is 19.9. The van der Waals surface area contributed by atoms with Gasteiger partial charge >= 0.3 is 0 Å². The minimum absolute atomic E-state index is 0.285. The summed E-state index contributed by atoms with van der Waals surface area (Å²) >= 11 is 0. The Balaban J connectivity index is 1.82. The number of hydrogen-bond donors (Lipinski definition) is 3.